The first-order valence-electron chi connectivity index (χ1n) is 10.3. The van der Waals surface area contributed by atoms with Crippen molar-refractivity contribution in [3.63, 3.8) is 0 Å². The molecule has 1 aliphatic rings. The Balaban J connectivity index is 2.56. The van der Waals surface area contributed by atoms with E-state index in [2.05, 4.69) is 10.6 Å². The fourth-order valence-corrected chi connectivity index (χ4v) is 3.35. The number of urea groups is 1. The molecule has 13 nitrogen and oxygen atoms in total. The van der Waals surface area contributed by atoms with E-state index in [0.29, 0.717) is 16.1 Å². The van der Waals surface area contributed by atoms with Crippen molar-refractivity contribution >= 4 is 41.8 Å². The zero-order chi connectivity index (χ0) is 26.4. The van der Waals surface area contributed by atoms with Crippen LogP contribution in [0.1, 0.15) is 38.3 Å². The molecule has 0 unspecified atom stereocenters. The molecule has 184 valence electrons. The third-order valence-electron chi connectivity index (χ3n) is 4.85. The second-order valence-electron chi connectivity index (χ2n) is 7.90. The summed E-state index contributed by atoms with van der Waals surface area (Å²) >= 11 is 0. The summed E-state index contributed by atoms with van der Waals surface area (Å²) in [5.41, 5.74) is 0.490. The fourth-order valence-electron chi connectivity index (χ4n) is 3.35. The topological polar surface area (TPSA) is 197 Å². The first kappa shape index (κ1) is 26.5. The van der Waals surface area contributed by atoms with Crippen molar-refractivity contribution in [2.24, 2.45) is 5.92 Å². The molecule has 1 aromatic rings. The summed E-state index contributed by atoms with van der Waals surface area (Å²) in [5, 5.41) is 32.9. The predicted octanol–water partition coefficient (Wildman–Crippen LogP) is 0.283. The summed E-state index contributed by atoms with van der Waals surface area (Å²) < 4.78 is 0. The number of carbonyl (C=O) groups is 6. The van der Waals surface area contributed by atoms with Gasteiger partial charge in [-0.05, 0) is 29.7 Å². The number of benzene rings is 1. The number of carboxylic acids is 2. The maximum absolute atomic E-state index is 13.3. The number of hydrogen-bond donors (Lipinski definition) is 4. The van der Waals surface area contributed by atoms with Crippen LogP contribution in [0, 0.1) is 17.2 Å². The minimum absolute atomic E-state index is 0.285. The molecule has 0 aliphatic carbocycles. The average Bonchev–Trinajstić information content (AvgIpc) is 3.03. The maximum Gasteiger partial charge on any atom is 0.348 e. The summed E-state index contributed by atoms with van der Waals surface area (Å²) in [7, 11) is 0. The minimum atomic E-state index is -1.75. The molecule has 0 spiro atoms. The molecule has 1 aliphatic heterocycles. The van der Waals surface area contributed by atoms with Crippen molar-refractivity contribution in [1.82, 2.24) is 20.7 Å². The number of imide groups is 1. The number of amides is 5. The van der Waals surface area contributed by atoms with Gasteiger partial charge in [0.2, 0.25) is 5.91 Å². The van der Waals surface area contributed by atoms with Crippen LogP contribution in [0.4, 0.5) is 4.79 Å². The molecule has 0 saturated carbocycles. The first-order valence-corrected chi connectivity index (χ1v) is 10.3. The zero-order valence-corrected chi connectivity index (χ0v) is 19.0. The molecule has 4 N–H and O–H groups in total. The van der Waals surface area contributed by atoms with Crippen LogP contribution >= 0.6 is 0 Å². The van der Waals surface area contributed by atoms with Crippen molar-refractivity contribution < 1.29 is 39.0 Å². The quantitative estimate of drug-likeness (QED) is 0.280. The Bertz CT molecular complexity index is 1120. The van der Waals surface area contributed by atoms with E-state index in [1.807, 2.05) is 6.07 Å². The number of nitrogens with zero attached hydrogens (tertiary/aromatic N) is 3. The molecule has 13 heteroatoms. The van der Waals surface area contributed by atoms with Crippen LogP contribution in [0.25, 0.3) is 6.08 Å². The molecule has 1 heterocycles. The minimum Gasteiger partial charge on any atom is -0.481 e. The van der Waals surface area contributed by atoms with Gasteiger partial charge >= 0.3 is 18.0 Å². The lowest BCUT2D eigenvalue weighted by atomic mass is 10.0. The van der Waals surface area contributed by atoms with E-state index >= 15 is 0 Å². The van der Waals surface area contributed by atoms with Gasteiger partial charge in [0.1, 0.15) is 11.7 Å². The van der Waals surface area contributed by atoms with Gasteiger partial charge in [-0.1, -0.05) is 26.0 Å². The lowest BCUT2D eigenvalue weighted by Gasteiger charge is -2.37. The third-order valence-corrected chi connectivity index (χ3v) is 4.85. The Kier molecular flexibility index (Phi) is 8.28. The van der Waals surface area contributed by atoms with Crippen LogP contribution in [-0.2, 0) is 24.0 Å². The number of nitriles is 1. The SMILES string of the molecule is CC(=O)N[C@@H](CC(=O)O)C(=O)N([C@H](C(=O)O)C(C)C)N1C(=O)NC(=Cc2ccc(C#N)cc2)C1=O. The Morgan fingerprint density at radius 3 is 2.23 bits per heavy atom. The van der Waals surface area contributed by atoms with Gasteiger partial charge in [-0.15, -0.1) is 0 Å². The molecule has 5 amide bonds. The number of aliphatic carboxylic acids is 2. The first-order chi connectivity index (χ1) is 16.4. The van der Waals surface area contributed by atoms with Crippen molar-refractivity contribution in [3.05, 3.63) is 41.1 Å². The highest BCUT2D eigenvalue weighted by atomic mass is 16.4. The normalized spacial score (nSPS) is 15.9. The van der Waals surface area contributed by atoms with E-state index in [1.165, 1.54) is 44.2 Å². The number of hydrogen-bond acceptors (Lipinski definition) is 7. The van der Waals surface area contributed by atoms with Crippen LogP contribution in [0.3, 0.4) is 0 Å². The van der Waals surface area contributed by atoms with E-state index in [9.17, 15) is 33.9 Å². The summed E-state index contributed by atoms with van der Waals surface area (Å²) in [6, 6.07) is 3.24. The van der Waals surface area contributed by atoms with Crippen molar-refractivity contribution in [2.45, 2.75) is 39.3 Å². The molecule has 1 saturated heterocycles. The van der Waals surface area contributed by atoms with Gasteiger partial charge in [0.15, 0.2) is 6.04 Å². The Morgan fingerprint density at radius 2 is 1.77 bits per heavy atom. The maximum atomic E-state index is 13.3. The second kappa shape index (κ2) is 10.9. The summed E-state index contributed by atoms with van der Waals surface area (Å²) in [6.45, 7) is 3.88. The van der Waals surface area contributed by atoms with Gasteiger partial charge < -0.3 is 20.8 Å². The predicted molar refractivity (Wildman–Crippen MR) is 117 cm³/mol. The standard InChI is InChI=1S/C22H23N5O8/c1-11(2)18(21(33)34)26(19(31)16(9-17(29)30)24-12(3)28)27-20(32)15(25-22(27)35)8-13-4-6-14(10-23)7-5-13/h4-8,11,16,18H,9H2,1-3H3,(H,24,28)(H,25,35)(H,29,30)(H,33,34)/t16-,18-/m0/s1. The number of carbonyl (C=O) groups excluding carboxylic acids is 4. The Hall–Kier alpha value is -4.73. The van der Waals surface area contributed by atoms with Crippen LogP contribution in [0.15, 0.2) is 30.0 Å². The molecule has 0 radical (unpaired) electrons. The second-order valence-corrected chi connectivity index (χ2v) is 7.90. The number of rotatable bonds is 9. The van der Waals surface area contributed by atoms with E-state index in [-0.39, 0.29) is 10.7 Å². The molecule has 1 aromatic carbocycles. The smallest absolute Gasteiger partial charge is 0.348 e. The van der Waals surface area contributed by atoms with Gasteiger partial charge in [0.05, 0.1) is 18.1 Å². The van der Waals surface area contributed by atoms with Gasteiger partial charge in [-0.3, -0.25) is 19.2 Å². The molecule has 2 atom stereocenters. The van der Waals surface area contributed by atoms with E-state index in [4.69, 9.17) is 10.4 Å². The van der Waals surface area contributed by atoms with Gasteiger partial charge in [-0.25, -0.2) is 14.6 Å². The molecule has 2 rings (SSSR count). The Morgan fingerprint density at radius 1 is 1.17 bits per heavy atom. The monoisotopic (exact) mass is 485 g/mol. The highest BCUT2D eigenvalue weighted by molar-refractivity contribution is 6.15. The highest BCUT2D eigenvalue weighted by Gasteiger charge is 2.48. The highest BCUT2D eigenvalue weighted by Crippen LogP contribution is 2.23. The van der Waals surface area contributed by atoms with E-state index in [0.717, 1.165) is 6.92 Å². The lowest BCUT2D eigenvalue weighted by molar-refractivity contribution is -0.171. The molecule has 1 fully saturated rings. The number of hydrazine groups is 1. The number of nitrogens with one attached hydrogen (secondary N) is 2. The van der Waals surface area contributed by atoms with Gasteiger partial charge in [0, 0.05) is 6.92 Å². The summed E-state index contributed by atoms with van der Waals surface area (Å²) in [6.07, 6.45) is 0.342. The average molecular weight is 485 g/mol. The molecular formula is C22H23N5O8. The van der Waals surface area contributed by atoms with Crippen molar-refractivity contribution in [2.75, 3.05) is 0 Å². The zero-order valence-electron chi connectivity index (χ0n) is 19.0. The van der Waals surface area contributed by atoms with Crippen LogP contribution in [0.5, 0.6) is 0 Å². The molecule has 0 aromatic heterocycles. The molecule has 0 bridgehead atoms. The summed E-state index contributed by atoms with van der Waals surface area (Å²) in [4.78, 5) is 74.1. The van der Waals surface area contributed by atoms with Gasteiger partial charge in [-0.2, -0.15) is 10.3 Å². The third kappa shape index (κ3) is 6.20. The van der Waals surface area contributed by atoms with Crippen molar-refractivity contribution in [3.8, 4) is 6.07 Å². The van der Waals surface area contributed by atoms with Crippen LogP contribution < -0.4 is 10.6 Å². The molecule has 35 heavy (non-hydrogen) atoms. The summed E-state index contributed by atoms with van der Waals surface area (Å²) in [5.74, 6) is -6.99. The largest absolute Gasteiger partial charge is 0.481 e. The molecular weight excluding hydrogens is 462 g/mol. The van der Waals surface area contributed by atoms with E-state index < -0.39 is 60.1 Å². The fraction of sp³-hybridized carbons (Fsp3) is 0.318. The van der Waals surface area contributed by atoms with Gasteiger partial charge in [0.25, 0.3) is 11.8 Å². The van der Waals surface area contributed by atoms with Crippen molar-refractivity contribution in [1.29, 1.82) is 5.26 Å². The lowest BCUT2D eigenvalue weighted by Crippen LogP contribution is -2.63. The van der Waals surface area contributed by atoms with Crippen LogP contribution in [-0.4, -0.2) is 68.0 Å². The van der Waals surface area contributed by atoms with Crippen LogP contribution in [0.2, 0.25) is 0 Å². The number of carboxylic acid groups (broad SMARTS) is 2. The Labute approximate surface area is 199 Å². The van der Waals surface area contributed by atoms with E-state index in [1.54, 1.807) is 0 Å².